The lowest BCUT2D eigenvalue weighted by Gasteiger charge is -2.42. The highest BCUT2D eigenvalue weighted by Crippen LogP contribution is 2.28. The number of likely N-dealkylation sites (N-methyl/N-ethyl adjacent to an activating group) is 1. The van der Waals surface area contributed by atoms with Crippen molar-refractivity contribution in [3.63, 3.8) is 0 Å². The summed E-state index contributed by atoms with van der Waals surface area (Å²) in [6.45, 7) is 7.03. The van der Waals surface area contributed by atoms with E-state index in [1.165, 1.54) is 51.7 Å². The van der Waals surface area contributed by atoms with Crippen LogP contribution in [0.4, 0.5) is 0 Å². The van der Waals surface area contributed by atoms with Gasteiger partial charge in [-0.25, -0.2) is 0 Å². The second kappa shape index (κ2) is 5.03. The topological polar surface area (TPSA) is 32.5 Å². The van der Waals surface area contributed by atoms with Crippen molar-refractivity contribution >= 4 is 0 Å². The van der Waals surface area contributed by atoms with Gasteiger partial charge in [0, 0.05) is 37.8 Å². The van der Waals surface area contributed by atoms with Crippen molar-refractivity contribution in [2.24, 2.45) is 5.73 Å². The van der Waals surface area contributed by atoms with E-state index in [4.69, 9.17) is 5.73 Å². The molecule has 0 amide bonds. The van der Waals surface area contributed by atoms with E-state index >= 15 is 0 Å². The van der Waals surface area contributed by atoms with Crippen molar-refractivity contribution in [1.82, 2.24) is 9.80 Å². The van der Waals surface area contributed by atoms with E-state index in [-0.39, 0.29) is 5.54 Å². The summed E-state index contributed by atoms with van der Waals surface area (Å²) in [4.78, 5) is 5.09. The fraction of sp³-hybridized carbons (Fsp3) is 1.00. The second-order valence-electron chi connectivity index (χ2n) is 5.85. The molecule has 2 fully saturated rings. The molecule has 1 atom stereocenters. The lowest BCUT2D eigenvalue weighted by molar-refractivity contribution is 0.0766. The van der Waals surface area contributed by atoms with Gasteiger partial charge in [-0.2, -0.15) is 0 Å². The van der Waals surface area contributed by atoms with Crippen LogP contribution in [0, 0.1) is 0 Å². The lowest BCUT2D eigenvalue weighted by Crippen LogP contribution is -2.56. The number of rotatable bonds is 3. The SMILES string of the molecule is CCC1CN(CC2(N)CCCC2)CCN1C. The summed E-state index contributed by atoms with van der Waals surface area (Å²) >= 11 is 0. The van der Waals surface area contributed by atoms with Crippen molar-refractivity contribution in [3.05, 3.63) is 0 Å². The van der Waals surface area contributed by atoms with Gasteiger partial charge in [-0.15, -0.1) is 0 Å². The molecule has 0 aromatic heterocycles. The average molecular weight is 225 g/mol. The summed E-state index contributed by atoms with van der Waals surface area (Å²) in [5, 5.41) is 0. The van der Waals surface area contributed by atoms with Crippen LogP contribution >= 0.6 is 0 Å². The molecular formula is C13H27N3. The summed E-state index contributed by atoms with van der Waals surface area (Å²) in [6, 6.07) is 0.735. The van der Waals surface area contributed by atoms with E-state index in [2.05, 4.69) is 23.8 Å². The molecular weight excluding hydrogens is 198 g/mol. The Morgan fingerprint density at radius 1 is 1.25 bits per heavy atom. The zero-order valence-electron chi connectivity index (χ0n) is 10.9. The molecule has 0 radical (unpaired) electrons. The molecule has 1 aliphatic carbocycles. The molecule has 1 heterocycles. The smallest absolute Gasteiger partial charge is 0.0283 e. The lowest BCUT2D eigenvalue weighted by atomic mass is 9.97. The van der Waals surface area contributed by atoms with Gasteiger partial charge >= 0.3 is 0 Å². The van der Waals surface area contributed by atoms with Gasteiger partial charge in [-0.3, -0.25) is 4.90 Å². The molecule has 1 saturated heterocycles. The van der Waals surface area contributed by atoms with Crippen LogP contribution in [0.25, 0.3) is 0 Å². The molecule has 0 bridgehead atoms. The standard InChI is InChI=1S/C13H27N3/c1-3-12-10-16(9-8-15(12)2)11-13(14)6-4-5-7-13/h12H,3-11,14H2,1-2H3. The molecule has 94 valence electrons. The molecule has 1 unspecified atom stereocenters. The number of nitrogens with zero attached hydrogens (tertiary/aromatic N) is 2. The summed E-state index contributed by atoms with van der Waals surface area (Å²) < 4.78 is 0. The Labute approximate surface area is 100.0 Å². The van der Waals surface area contributed by atoms with Crippen LogP contribution in [0.1, 0.15) is 39.0 Å². The first-order chi connectivity index (χ1) is 7.63. The summed E-state index contributed by atoms with van der Waals surface area (Å²) in [6.07, 6.45) is 6.39. The van der Waals surface area contributed by atoms with E-state index in [1.54, 1.807) is 0 Å². The van der Waals surface area contributed by atoms with Gasteiger partial charge in [-0.1, -0.05) is 19.8 Å². The molecule has 0 spiro atoms. The zero-order valence-corrected chi connectivity index (χ0v) is 10.9. The molecule has 16 heavy (non-hydrogen) atoms. The van der Waals surface area contributed by atoms with Crippen molar-refractivity contribution < 1.29 is 0 Å². The first-order valence-electron chi connectivity index (χ1n) is 6.84. The largest absolute Gasteiger partial charge is 0.324 e. The molecule has 2 aliphatic rings. The van der Waals surface area contributed by atoms with Crippen LogP contribution in [0.3, 0.4) is 0 Å². The molecule has 1 aliphatic heterocycles. The zero-order chi connectivity index (χ0) is 11.6. The summed E-state index contributed by atoms with van der Waals surface area (Å²) in [5.41, 5.74) is 6.59. The second-order valence-corrected chi connectivity index (χ2v) is 5.85. The average Bonchev–Trinajstić information content (AvgIpc) is 2.68. The van der Waals surface area contributed by atoms with Gasteiger partial charge < -0.3 is 10.6 Å². The fourth-order valence-corrected chi connectivity index (χ4v) is 3.28. The van der Waals surface area contributed by atoms with Crippen LogP contribution in [0.15, 0.2) is 0 Å². The van der Waals surface area contributed by atoms with E-state index in [1.807, 2.05) is 0 Å². The van der Waals surface area contributed by atoms with E-state index in [9.17, 15) is 0 Å². The van der Waals surface area contributed by atoms with Crippen molar-refractivity contribution in [3.8, 4) is 0 Å². The minimum absolute atomic E-state index is 0.133. The highest BCUT2D eigenvalue weighted by molar-refractivity contribution is 4.93. The third-order valence-corrected chi connectivity index (χ3v) is 4.47. The normalized spacial score (nSPS) is 32.1. The van der Waals surface area contributed by atoms with E-state index in [0.29, 0.717) is 0 Å². The Morgan fingerprint density at radius 3 is 2.56 bits per heavy atom. The Bertz CT molecular complexity index is 223. The first kappa shape index (κ1) is 12.3. The predicted molar refractivity (Wildman–Crippen MR) is 68.5 cm³/mol. The van der Waals surface area contributed by atoms with Crippen LogP contribution in [0.5, 0.6) is 0 Å². The first-order valence-corrected chi connectivity index (χ1v) is 6.84. The predicted octanol–water partition coefficient (Wildman–Crippen LogP) is 1.28. The minimum Gasteiger partial charge on any atom is -0.324 e. The Morgan fingerprint density at radius 2 is 1.94 bits per heavy atom. The number of piperazine rings is 1. The maximum atomic E-state index is 6.46. The van der Waals surface area contributed by atoms with Gasteiger partial charge in [0.25, 0.3) is 0 Å². The Hall–Kier alpha value is -0.120. The molecule has 3 nitrogen and oxygen atoms in total. The van der Waals surface area contributed by atoms with Crippen LogP contribution in [0.2, 0.25) is 0 Å². The molecule has 3 heteroatoms. The molecule has 0 aromatic rings. The van der Waals surface area contributed by atoms with Gasteiger partial charge in [0.2, 0.25) is 0 Å². The molecule has 0 aromatic carbocycles. The quantitative estimate of drug-likeness (QED) is 0.785. The van der Waals surface area contributed by atoms with Crippen LogP contribution in [-0.4, -0.2) is 54.6 Å². The number of hydrogen-bond donors (Lipinski definition) is 1. The van der Waals surface area contributed by atoms with Gasteiger partial charge in [-0.05, 0) is 26.3 Å². The maximum absolute atomic E-state index is 6.46. The summed E-state index contributed by atoms with van der Waals surface area (Å²) in [5.74, 6) is 0. The third kappa shape index (κ3) is 2.76. The van der Waals surface area contributed by atoms with Gasteiger partial charge in [0.15, 0.2) is 0 Å². The Kier molecular flexibility index (Phi) is 3.88. The monoisotopic (exact) mass is 225 g/mol. The van der Waals surface area contributed by atoms with Crippen LogP contribution < -0.4 is 5.73 Å². The van der Waals surface area contributed by atoms with Crippen molar-refractivity contribution in [1.29, 1.82) is 0 Å². The van der Waals surface area contributed by atoms with Gasteiger partial charge in [0.1, 0.15) is 0 Å². The fourth-order valence-electron chi connectivity index (χ4n) is 3.28. The van der Waals surface area contributed by atoms with Crippen molar-refractivity contribution in [2.45, 2.75) is 50.6 Å². The minimum atomic E-state index is 0.133. The molecule has 2 N–H and O–H groups in total. The highest BCUT2D eigenvalue weighted by Gasteiger charge is 2.33. The molecule has 2 rings (SSSR count). The maximum Gasteiger partial charge on any atom is 0.0283 e. The third-order valence-electron chi connectivity index (χ3n) is 4.47. The van der Waals surface area contributed by atoms with Crippen molar-refractivity contribution in [2.75, 3.05) is 33.2 Å². The number of hydrogen-bond acceptors (Lipinski definition) is 3. The van der Waals surface area contributed by atoms with Gasteiger partial charge in [0.05, 0.1) is 0 Å². The van der Waals surface area contributed by atoms with E-state index in [0.717, 1.165) is 12.6 Å². The Balaban J connectivity index is 1.86. The highest BCUT2D eigenvalue weighted by atomic mass is 15.3. The number of nitrogens with two attached hydrogens (primary N) is 1. The summed E-state index contributed by atoms with van der Waals surface area (Å²) in [7, 11) is 2.25. The van der Waals surface area contributed by atoms with E-state index < -0.39 is 0 Å². The molecule has 1 saturated carbocycles. The van der Waals surface area contributed by atoms with Crippen LogP contribution in [-0.2, 0) is 0 Å².